The van der Waals surface area contributed by atoms with Crippen molar-refractivity contribution in [1.29, 1.82) is 0 Å². The van der Waals surface area contributed by atoms with Crippen molar-refractivity contribution in [3.8, 4) is 11.4 Å². The number of aromatic amines is 1. The Morgan fingerprint density at radius 1 is 1.04 bits per heavy atom. The molecular weight excluding hydrogens is 336 g/mol. The molecule has 0 saturated heterocycles. The monoisotopic (exact) mass is 353 g/mol. The first kappa shape index (κ1) is 16.6. The molecule has 0 fully saturated rings. The van der Waals surface area contributed by atoms with Crippen molar-refractivity contribution in [2.75, 3.05) is 6.54 Å². The van der Waals surface area contributed by atoms with Gasteiger partial charge >= 0.3 is 0 Å². The van der Waals surface area contributed by atoms with E-state index in [1.807, 2.05) is 35.2 Å². The smallest absolute Gasteiger partial charge is 0.254 e. The Kier molecular flexibility index (Phi) is 4.34. The molecule has 0 bridgehead atoms. The summed E-state index contributed by atoms with van der Waals surface area (Å²) in [4.78, 5) is 21.7. The summed E-state index contributed by atoms with van der Waals surface area (Å²) in [7, 11) is 0. The standard InChI is InChI=1S/C20H17F2N3O/c21-16-7-4-8-17(22)15(16)11-25-10-9-14-18(12-25)23-19(24-20(14)26)13-5-2-1-3-6-13/h1-8H,9-12H2,(H,23,24,26). The lowest BCUT2D eigenvalue weighted by molar-refractivity contribution is 0.233. The number of rotatable bonds is 3. The average molecular weight is 353 g/mol. The van der Waals surface area contributed by atoms with Crippen molar-refractivity contribution in [3.05, 3.63) is 87.3 Å². The second-order valence-electron chi connectivity index (χ2n) is 6.37. The van der Waals surface area contributed by atoms with E-state index < -0.39 is 11.6 Å². The molecule has 0 saturated carbocycles. The van der Waals surface area contributed by atoms with Gasteiger partial charge in [0.05, 0.1) is 5.69 Å². The molecule has 1 aliphatic heterocycles. The van der Waals surface area contributed by atoms with E-state index >= 15 is 0 Å². The maximum Gasteiger partial charge on any atom is 0.254 e. The second-order valence-corrected chi connectivity index (χ2v) is 6.37. The number of benzene rings is 2. The van der Waals surface area contributed by atoms with Crippen molar-refractivity contribution < 1.29 is 8.78 Å². The van der Waals surface area contributed by atoms with E-state index in [1.54, 1.807) is 0 Å². The highest BCUT2D eigenvalue weighted by Gasteiger charge is 2.23. The van der Waals surface area contributed by atoms with Gasteiger partial charge in [-0.2, -0.15) is 0 Å². The van der Waals surface area contributed by atoms with E-state index in [2.05, 4.69) is 9.97 Å². The van der Waals surface area contributed by atoms with Crippen LogP contribution >= 0.6 is 0 Å². The number of aromatic nitrogens is 2. The summed E-state index contributed by atoms with van der Waals surface area (Å²) < 4.78 is 27.8. The van der Waals surface area contributed by atoms with Crippen molar-refractivity contribution in [1.82, 2.24) is 14.9 Å². The van der Waals surface area contributed by atoms with Gasteiger partial charge < -0.3 is 4.98 Å². The first-order chi connectivity index (χ1) is 12.6. The molecule has 0 unspecified atom stereocenters. The summed E-state index contributed by atoms with van der Waals surface area (Å²) in [6.07, 6.45) is 0.503. The molecule has 1 N–H and O–H groups in total. The third-order valence-corrected chi connectivity index (χ3v) is 4.64. The van der Waals surface area contributed by atoms with Gasteiger partial charge in [0.15, 0.2) is 0 Å². The highest BCUT2D eigenvalue weighted by molar-refractivity contribution is 5.54. The average Bonchev–Trinajstić information content (AvgIpc) is 2.65. The summed E-state index contributed by atoms with van der Waals surface area (Å²) in [5.41, 5.74) is 2.03. The zero-order chi connectivity index (χ0) is 18.1. The number of nitrogens with one attached hydrogen (secondary N) is 1. The molecule has 0 atom stereocenters. The van der Waals surface area contributed by atoms with Crippen molar-refractivity contribution in [2.45, 2.75) is 19.5 Å². The van der Waals surface area contributed by atoms with Crippen LogP contribution in [0.15, 0.2) is 53.3 Å². The van der Waals surface area contributed by atoms with Gasteiger partial charge in [0.2, 0.25) is 0 Å². The third-order valence-electron chi connectivity index (χ3n) is 4.64. The van der Waals surface area contributed by atoms with E-state index in [-0.39, 0.29) is 17.7 Å². The molecule has 2 heterocycles. The molecule has 0 spiro atoms. The highest BCUT2D eigenvalue weighted by Crippen LogP contribution is 2.21. The van der Waals surface area contributed by atoms with Crippen LogP contribution in [-0.4, -0.2) is 21.4 Å². The van der Waals surface area contributed by atoms with Gasteiger partial charge in [-0.05, 0) is 18.6 Å². The number of hydrogen-bond donors (Lipinski definition) is 1. The molecule has 6 heteroatoms. The minimum atomic E-state index is -0.556. The largest absolute Gasteiger partial charge is 0.306 e. The molecule has 3 aromatic rings. The summed E-state index contributed by atoms with van der Waals surface area (Å²) >= 11 is 0. The fraction of sp³-hybridized carbons (Fsp3) is 0.200. The summed E-state index contributed by atoms with van der Waals surface area (Å²) in [5, 5.41) is 0. The minimum Gasteiger partial charge on any atom is -0.306 e. The van der Waals surface area contributed by atoms with Crippen LogP contribution < -0.4 is 5.56 Å². The maximum atomic E-state index is 13.9. The topological polar surface area (TPSA) is 49.0 Å². The minimum absolute atomic E-state index is 0.0454. The van der Waals surface area contributed by atoms with Gasteiger partial charge in [0.25, 0.3) is 5.56 Å². The quantitative estimate of drug-likeness (QED) is 0.786. The van der Waals surface area contributed by atoms with Crippen molar-refractivity contribution in [2.24, 2.45) is 0 Å². The predicted molar refractivity (Wildman–Crippen MR) is 94.5 cm³/mol. The van der Waals surface area contributed by atoms with Gasteiger partial charge in [0.1, 0.15) is 17.5 Å². The van der Waals surface area contributed by atoms with Crippen LogP contribution in [0.3, 0.4) is 0 Å². The molecule has 4 rings (SSSR count). The molecule has 1 aliphatic rings. The second kappa shape index (κ2) is 6.80. The number of halogens is 2. The molecule has 2 aromatic carbocycles. The Hall–Kier alpha value is -2.86. The number of nitrogens with zero attached hydrogens (tertiary/aromatic N) is 2. The van der Waals surface area contributed by atoms with Gasteiger partial charge in [-0.3, -0.25) is 9.69 Å². The molecule has 0 radical (unpaired) electrons. The molecule has 26 heavy (non-hydrogen) atoms. The Bertz CT molecular complexity index is 981. The van der Waals surface area contributed by atoms with E-state index in [0.29, 0.717) is 36.6 Å². The fourth-order valence-corrected chi connectivity index (χ4v) is 3.27. The van der Waals surface area contributed by atoms with Gasteiger partial charge in [-0.25, -0.2) is 13.8 Å². The van der Waals surface area contributed by atoms with Gasteiger partial charge in [-0.1, -0.05) is 36.4 Å². The number of H-pyrrole nitrogens is 1. The van der Waals surface area contributed by atoms with Crippen LogP contribution in [0.2, 0.25) is 0 Å². The van der Waals surface area contributed by atoms with E-state index in [4.69, 9.17) is 0 Å². The number of hydrogen-bond acceptors (Lipinski definition) is 3. The molecule has 4 nitrogen and oxygen atoms in total. The Balaban J connectivity index is 1.64. The van der Waals surface area contributed by atoms with Crippen LogP contribution in [0.4, 0.5) is 8.78 Å². The van der Waals surface area contributed by atoms with Crippen LogP contribution in [0.5, 0.6) is 0 Å². The lowest BCUT2D eigenvalue weighted by Crippen LogP contribution is -2.35. The summed E-state index contributed by atoms with van der Waals surface area (Å²) in [6.45, 7) is 1.08. The van der Waals surface area contributed by atoms with E-state index in [1.165, 1.54) is 18.2 Å². The molecular formula is C20H17F2N3O. The SMILES string of the molecule is O=c1[nH]c(-c2ccccc2)nc2c1CCN(Cc1c(F)cccc1F)C2. The zero-order valence-electron chi connectivity index (χ0n) is 14.0. The van der Waals surface area contributed by atoms with E-state index in [0.717, 1.165) is 5.56 Å². The van der Waals surface area contributed by atoms with Crippen LogP contribution in [-0.2, 0) is 19.5 Å². The van der Waals surface area contributed by atoms with E-state index in [9.17, 15) is 13.6 Å². The van der Waals surface area contributed by atoms with Gasteiger partial charge in [-0.15, -0.1) is 0 Å². The molecule has 0 amide bonds. The fourth-order valence-electron chi connectivity index (χ4n) is 3.27. The van der Waals surface area contributed by atoms with Crippen molar-refractivity contribution >= 4 is 0 Å². The Labute approximate surface area is 149 Å². The molecule has 132 valence electrons. The first-order valence-corrected chi connectivity index (χ1v) is 8.44. The molecule has 1 aromatic heterocycles. The van der Waals surface area contributed by atoms with Gasteiger partial charge in [0, 0.05) is 36.3 Å². The lowest BCUT2D eigenvalue weighted by atomic mass is 10.0. The van der Waals surface area contributed by atoms with Crippen LogP contribution in [0.25, 0.3) is 11.4 Å². The Morgan fingerprint density at radius 3 is 2.50 bits per heavy atom. The highest BCUT2D eigenvalue weighted by atomic mass is 19.1. The maximum absolute atomic E-state index is 13.9. The predicted octanol–water partition coefficient (Wildman–Crippen LogP) is 3.27. The number of fused-ring (bicyclic) bond motifs is 1. The summed E-state index contributed by atoms with van der Waals surface area (Å²) in [6, 6.07) is 13.3. The molecule has 0 aliphatic carbocycles. The third kappa shape index (κ3) is 3.15. The summed E-state index contributed by atoms with van der Waals surface area (Å²) in [5.74, 6) is -0.604. The zero-order valence-corrected chi connectivity index (χ0v) is 14.0. The lowest BCUT2D eigenvalue weighted by Gasteiger charge is -2.28. The van der Waals surface area contributed by atoms with Crippen LogP contribution in [0.1, 0.15) is 16.8 Å². The Morgan fingerprint density at radius 2 is 1.77 bits per heavy atom. The van der Waals surface area contributed by atoms with Crippen molar-refractivity contribution in [3.63, 3.8) is 0 Å². The normalized spacial score (nSPS) is 14.2. The first-order valence-electron chi connectivity index (χ1n) is 8.44. The van der Waals surface area contributed by atoms with Crippen LogP contribution in [0, 0.1) is 11.6 Å².